The second-order valence-corrected chi connectivity index (χ2v) is 8.62. The maximum absolute atomic E-state index is 13.1. The van der Waals surface area contributed by atoms with Crippen molar-refractivity contribution in [3.63, 3.8) is 0 Å². The number of carbonyl (C=O) groups is 2. The van der Waals surface area contributed by atoms with Crippen molar-refractivity contribution in [1.82, 2.24) is 9.80 Å². The van der Waals surface area contributed by atoms with E-state index in [9.17, 15) is 9.59 Å². The topological polar surface area (TPSA) is 52.7 Å². The van der Waals surface area contributed by atoms with Crippen LogP contribution in [0.4, 0.5) is 5.69 Å². The Morgan fingerprint density at radius 2 is 1.87 bits per heavy atom. The van der Waals surface area contributed by atoms with E-state index in [0.717, 1.165) is 61.3 Å². The molecule has 1 fully saturated rings. The average Bonchev–Trinajstić information content (AvgIpc) is 2.78. The molecule has 2 aliphatic heterocycles. The molecule has 0 aliphatic carbocycles. The molecular formula is C25H31N3O2. The van der Waals surface area contributed by atoms with Crippen LogP contribution in [0.3, 0.4) is 0 Å². The fourth-order valence-electron chi connectivity index (χ4n) is 4.63. The van der Waals surface area contributed by atoms with E-state index in [1.54, 1.807) is 0 Å². The van der Waals surface area contributed by atoms with Gasteiger partial charge in [-0.15, -0.1) is 0 Å². The van der Waals surface area contributed by atoms with Crippen LogP contribution in [0.2, 0.25) is 0 Å². The molecule has 0 spiro atoms. The Morgan fingerprint density at radius 1 is 1.13 bits per heavy atom. The number of fused-ring (bicyclic) bond motifs is 1. The van der Waals surface area contributed by atoms with E-state index in [1.807, 2.05) is 24.0 Å². The summed E-state index contributed by atoms with van der Waals surface area (Å²) in [6, 6.07) is 15.0. The number of carbonyl (C=O) groups excluding carboxylic acids is 2. The van der Waals surface area contributed by atoms with Crippen LogP contribution in [-0.4, -0.2) is 54.3 Å². The predicted octanol–water partition coefficient (Wildman–Crippen LogP) is 3.66. The Labute approximate surface area is 179 Å². The molecule has 5 heteroatoms. The number of likely N-dealkylation sites (tertiary alicyclic amines) is 1. The Hall–Kier alpha value is -2.66. The maximum Gasteiger partial charge on any atom is 0.253 e. The smallest absolute Gasteiger partial charge is 0.253 e. The molecule has 0 saturated carbocycles. The number of nitrogens with zero attached hydrogens (tertiary/aromatic N) is 2. The van der Waals surface area contributed by atoms with Crippen molar-refractivity contribution in [3.05, 3.63) is 64.7 Å². The molecule has 0 aromatic heterocycles. The first-order valence-electron chi connectivity index (χ1n) is 11.0. The van der Waals surface area contributed by atoms with Gasteiger partial charge < -0.3 is 15.1 Å². The normalized spacial score (nSPS) is 17.0. The molecule has 2 heterocycles. The van der Waals surface area contributed by atoms with Crippen molar-refractivity contribution in [2.45, 2.75) is 45.1 Å². The highest BCUT2D eigenvalue weighted by Gasteiger charge is 2.27. The summed E-state index contributed by atoms with van der Waals surface area (Å²) in [6.45, 7) is 4.60. The lowest BCUT2D eigenvalue weighted by atomic mass is 9.95. The second kappa shape index (κ2) is 9.00. The largest absolute Gasteiger partial charge is 0.339 e. The molecular weight excluding hydrogens is 374 g/mol. The van der Waals surface area contributed by atoms with E-state index in [4.69, 9.17) is 0 Å². The molecule has 0 unspecified atom stereocenters. The van der Waals surface area contributed by atoms with Gasteiger partial charge in [-0.05, 0) is 68.5 Å². The van der Waals surface area contributed by atoms with Crippen LogP contribution in [0, 0.1) is 6.92 Å². The van der Waals surface area contributed by atoms with E-state index >= 15 is 0 Å². The van der Waals surface area contributed by atoms with Crippen molar-refractivity contribution in [2.24, 2.45) is 0 Å². The molecule has 30 heavy (non-hydrogen) atoms. The molecule has 0 bridgehead atoms. The lowest BCUT2D eigenvalue weighted by Crippen LogP contribution is -2.46. The lowest BCUT2D eigenvalue weighted by Gasteiger charge is -2.37. The number of hydrogen-bond donors (Lipinski definition) is 1. The molecule has 5 nitrogen and oxygen atoms in total. The first kappa shape index (κ1) is 20.6. The monoisotopic (exact) mass is 405 g/mol. The number of nitrogens with one attached hydrogen (secondary N) is 1. The third-order valence-electron chi connectivity index (χ3n) is 6.52. The summed E-state index contributed by atoms with van der Waals surface area (Å²) in [7, 11) is 2.20. The zero-order valence-corrected chi connectivity index (χ0v) is 18.0. The Bertz CT molecular complexity index is 917. The summed E-state index contributed by atoms with van der Waals surface area (Å²) in [5.41, 5.74) is 5.06. The van der Waals surface area contributed by atoms with Gasteiger partial charge in [0.1, 0.15) is 0 Å². The third-order valence-corrected chi connectivity index (χ3v) is 6.52. The van der Waals surface area contributed by atoms with Gasteiger partial charge in [0.25, 0.3) is 5.91 Å². The first-order valence-corrected chi connectivity index (χ1v) is 11.0. The standard InChI is InChI=1S/C25H31N3O2/c1-18-16-21(17-20-8-9-23(29)26-24(18)20)25(30)28-14-11-22(12-15-28)27(2)13-10-19-6-4-3-5-7-19/h3-7,16-17,22H,8-15H2,1-2H3,(H,26,29). The summed E-state index contributed by atoms with van der Waals surface area (Å²) in [5, 5.41) is 2.95. The number of likely N-dealkylation sites (N-methyl/N-ethyl adjacent to an activating group) is 1. The van der Waals surface area contributed by atoms with Crippen molar-refractivity contribution in [2.75, 3.05) is 32.0 Å². The van der Waals surface area contributed by atoms with Crippen LogP contribution >= 0.6 is 0 Å². The fourth-order valence-corrected chi connectivity index (χ4v) is 4.63. The van der Waals surface area contributed by atoms with Crippen LogP contribution < -0.4 is 5.32 Å². The van der Waals surface area contributed by atoms with Crippen molar-refractivity contribution in [3.8, 4) is 0 Å². The van der Waals surface area contributed by atoms with E-state index < -0.39 is 0 Å². The summed E-state index contributed by atoms with van der Waals surface area (Å²) in [4.78, 5) is 29.2. The molecule has 2 aromatic carbocycles. The fraction of sp³-hybridized carbons (Fsp3) is 0.440. The molecule has 0 radical (unpaired) electrons. The summed E-state index contributed by atoms with van der Waals surface area (Å²) in [6.07, 6.45) is 4.28. The van der Waals surface area contributed by atoms with Crippen LogP contribution in [-0.2, 0) is 17.6 Å². The molecule has 1 N–H and O–H groups in total. The Balaban J connectivity index is 1.33. The molecule has 0 atom stereocenters. The number of anilines is 1. The van der Waals surface area contributed by atoms with Gasteiger partial charge >= 0.3 is 0 Å². The molecule has 2 aromatic rings. The van der Waals surface area contributed by atoms with Crippen molar-refractivity contribution >= 4 is 17.5 Å². The first-order chi connectivity index (χ1) is 14.5. The molecule has 2 aliphatic rings. The van der Waals surface area contributed by atoms with E-state index in [2.05, 4.69) is 47.6 Å². The molecule has 158 valence electrons. The summed E-state index contributed by atoms with van der Waals surface area (Å²) < 4.78 is 0. The van der Waals surface area contributed by atoms with Gasteiger partial charge in [0.15, 0.2) is 0 Å². The van der Waals surface area contributed by atoms with Crippen molar-refractivity contribution in [1.29, 1.82) is 0 Å². The van der Waals surface area contributed by atoms with E-state index in [0.29, 0.717) is 18.9 Å². The zero-order valence-electron chi connectivity index (χ0n) is 18.0. The van der Waals surface area contributed by atoms with Gasteiger partial charge in [-0.25, -0.2) is 0 Å². The highest BCUT2D eigenvalue weighted by molar-refractivity contribution is 5.99. The lowest BCUT2D eigenvalue weighted by molar-refractivity contribution is -0.116. The minimum atomic E-state index is 0.0585. The van der Waals surface area contributed by atoms with Crippen molar-refractivity contribution < 1.29 is 9.59 Å². The molecule has 4 rings (SSSR count). The van der Waals surface area contributed by atoms with Gasteiger partial charge in [-0.3, -0.25) is 9.59 Å². The Morgan fingerprint density at radius 3 is 2.60 bits per heavy atom. The number of rotatable bonds is 5. The van der Waals surface area contributed by atoms with Crippen LogP contribution in [0.1, 0.15) is 46.3 Å². The summed E-state index contributed by atoms with van der Waals surface area (Å²) >= 11 is 0. The van der Waals surface area contributed by atoms with Gasteiger partial charge in [0, 0.05) is 43.3 Å². The highest BCUT2D eigenvalue weighted by atomic mass is 16.2. The van der Waals surface area contributed by atoms with Gasteiger partial charge in [0.2, 0.25) is 5.91 Å². The number of hydrogen-bond acceptors (Lipinski definition) is 3. The summed E-state index contributed by atoms with van der Waals surface area (Å²) in [5.74, 6) is 0.173. The SMILES string of the molecule is Cc1cc(C(=O)N2CCC(N(C)CCc3ccccc3)CC2)cc2c1NC(=O)CC2. The van der Waals surface area contributed by atoms with E-state index in [1.165, 1.54) is 5.56 Å². The quantitative estimate of drug-likeness (QED) is 0.826. The minimum Gasteiger partial charge on any atom is -0.339 e. The second-order valence-electron chi connectivity index (χ2n) is 8.62. The maximum atomic E-state index is 13.1. The molecule has 2 amide bonds. The Kier molecular flexibility index (Phi) is 6.18. The number of benzene rings is 2. The van der Waals surface area contributed by atoms with Gasteiger partial charge in [-0.2, -0.15) is 0 Å². The third kappa shape index (κ3) is 4.57. The van der Waals surface area contributed by atoms with Gasteiger partial charge in [0.05, 0.1) is 0 Å². The van der Waals surface area contributed by atoms with E-state index in [-0.39, 0.29) is 11.8 Å². The van der Waals surface area contributed by atoms with Crippen LogP contribution in [0.25, 0.3) is 0 Å². The zero-order chi connectivity index (χ0) is 21.1. The average molecular weight is 406 g/mol. The minimum absolute atomic E-state index is 0.0585. The van der Waals surface area contributed by atoms with Crippen LogP contribution in [0.15, 0.2) is 42.5 Å². The number of amides is 2. The van der Waals surface area contributed by atoms with Gasteiger partial charge in [-0.1, -0.05) is 30.3 Å². The highest BCUT2D eigenvalue weighted by Crippen LogP contribution is 2.29. The van der Waals surface area contributed by atoms with Crippen LogP contribution in [0.5, 0.6) is 0 Å². The number of piperidine rings is 1. The predicted molar refractivity (Wildman–Crippen MR) is 120 cm³/mol. The molecule has 1 saturated heterocycles. The number of aryl methyl sites for hydroxylation is 2.